The molecular weight excluding hydrogens is 432 g/mol. The van der Waals surface area contributed by atoms with Crippen molar-refractivity contribution < 1.29 is 29.3 Å². The highest BCUT2D eigenvalue weighted by Crippen LogP contribution is 2.41. The van der Waals surface area contributed by atoms with Crippen molar-refractivity contribution in [3.63, 3.8) is 0 Å². The molecule has 0 saturated carbocycles. The minimum absolute atomic E-state index is 0.208. The second kappa shape index (κ2) is 10.9. The molecule has 178 valence electrons. The van der Waals surface area contributed by atoms with Gasteiger partial charge in [-0.05, 0) is 59.4 Å². The first-order valence-electron chi connectivity index (χ1n) is 11.3. The summed E-state index contributed by atoms with van der Waals surface area (Å²) in [4.78, 5) is 22.6. The van der Waals surface area contributed by atoms with Crippen LogP contribution in [0.2, 0.25) is 0 Å². The molecule has 3 rings (SSSR count). The third kappa shape index (κ3) is 6.16. The molecule has 6 nitrogen and oxygen atoms in total. The molecule has 34 heavy (non-hydrogen) atoms. The number of carbonyl (C=O) groups is 2. The molecule has 0 fully saturated rings. The lowest BCUT2D eigenvalue weighted by molar-refractivity contribution is 0.0686. The molecule has 0 aliphatic rings. The van der Waals surface area contributed by atoms with Gasteiger partial charge in [0.05, 0.1) is 24.3 Å². The summed E-state index contributed by atoms with van der Waals surface area (Å²) < 4.78 is 12.3. The van der Waals surface area contributed by atoms with E-state index in [4.69, 9.17) is 9.47 Å². The van der Waals surface area contributed by atoms with Gasteiger partial charge in [-0.1, -0.05) is 52.0 Å². The number of rotatable bonds is 10. The van der Waals surface area contributed by atoms with Crippen LogP contribution >= 0.6 is 0 Å². The maximum absolute atomic E-state index is 11.3. The molecule has 0 unspecified atom stereocenters. The van der Waals surface area contributed by atoms with Crippen LogP contribution in [0.15, 0.2) is 60.7 Å². The predicted octanol–water partition coefficient (Wildman–Crippen LogP) is 6.49. The fourth-order valence-electron chi connectivity index (χ4n) is 3.35. The number of ether oxygens (including phenoxy) is 2. The highest BCUT2D eigenvalue weighted by Gasteiger charge is 2.17. The van der Waals surface area contributed by atoms with Gasteiger partial charge in [0.15, 0.2) is 0 Å². The lowest BCUT2D eigenvalue weighted by Gasteiger charge is -2.20. The Morgan fingerprint density at radius 2 is 0.971 bits per heavy atom. The van der Waals surface area contributed by atoms with Crippen molar-refractivity contribution in [3.8, 4) is 33.8 Å². The van der Waals surface area contributed by atoms with Crippen LogP contribution < -0.4 is 9.47 Å². The van der Waals surface area contributed by atoms with E-state index in [2.05, 4.69) is 27.7 Å². The third-order valence-corrected chi connectivity index (χ3v) is 5.11. The Balaban J connectivity index is 2.16. The van der Waals surface area contributed by atoms with Crippen molar-refractivity contribution in [2.75, 3.05) is 13.2 Å². The number of hydrogen-bond acceptors (Lipinski definition) is 4. The Bertz CT molecular complexity index is 1050. The van der Waals surface area contributed by atoms with Gasteiger partial charge in [0.2, 0.25) is 0 Å². The molecule has 0 aliphatic heterocycles. The quantitative estimate of drug-likeness (QED) is 0.358. The summed E-state index contributed by atoms with van der Waals surface area (Å²) in [5.41, 5.74) is 3.63. The van der Waals surface area contributed by atoms with Gasteiger partial charge in [-0.3, -0.25) is 0 Å². The van der Waals surface area contributed by atoms with Gasteiger partial charge >= 0.3 is 11.9 Å². The van der Waals surface area contributed by atoms with Gasteiger partial charge < -0.3 is 19.7 Å². The van der Waals surface area contributed by atoms with Gasteiger partial charge in [-0.25, -0.2) is 9.59 Å². The Labute approximate surface area is 199 Å². The first kappa shape index (κ1) is 24.8. The summed E-state index contributed by atoms with van der Waals surface area (Å²) in [6, 6.07) is 17.1. The normalized spacial score (nSPS) is 11.0. The second-order valence-electron chi connectivity index (χ2n) is 9.02. The average Bonchev–Trinajstić information content (AvgIpc) is 2.81. The van der Waals surface area contributed by atoms with Crippen LogP contribution in [-0.2, 0) is 0 Å². The lowest BCUT2D eigenvalue weighted by Crippen LogP contribution is -2.08. The molecule has 0 bridgehead atoms. The smallest absolute Gasteiger partial charge is 0.335 e. The molecule has 0 heterocycles. The van der Waals surface area contributed by atoms with Crippen LogP contribution in [0.5, 0.6) is 11.5 Å². The van der Waals surface area contributed by atoms with E-state index in [0.717, 1.165) is 22.3 Å². The Morgan fingerprint density at radius 1 is 0.647 bits per heavy atom. The van der Waals surface area contributed by atoms with Crippen molar-refractivity contribution in [3.05, 3.63) is 71.8 Å². The molecule has 0 aliphatic carbocycles. The van der Waals surface area contributed by atoms with Crippen LogP contribution in [-0.4, -0.2) is 35.4 Å². The number of carboxylic acid groups (broad SMARTS) is 2. The van der Waals surface area contributed by atoms with Crippen LogP contribution in [0.3, 0.4) is 0 Å². The van der Waals surface area contributed by atoms with Gasteiger partial charge in [0.1, 0.15) is 11.5 Å². The maximum atomic E-state index is 11.3. The number of hydrogen-bond donors (Lipinski definition) is 2. The lowest BCUT2D eigenvalue weighted by atomic mass is 9.96. The van der Waals surface area contributed by atoms with E-state index < -0.39 is 11.9 Å². The number of aromatic carboxylic acids is 2. The van der Waals surface area contributed by atoms with Gasteiger partial charge in [0, 0.05) is 11.1 Å². The van der Waals surface area contributed by atoms with Crippen molar-refractivity contribution in [1.82, 2.24) is 0 Å². The average molecular weight is 463 g/mol. The van der Waals surface area contributed by atoms with Gasteiger partial charge in [-0.15, -0.1) is 0 Å². The number of carboxylic acids is 2. The van der Waals surface area contributed by atoms with Gasteiger partial charge in [0.25, 0.3) is 0 Å². The second-order valence-corrected chi connectivity index (χ2v) is 9.02. The molecule has 3 aromatic carbocycles. The zero-order chi connectivity index (χ0) is 24.8. The van der Waals surface area contributed by atoms with Crippen LogP contribution in [0.25, 0.3) is 22.3 Å². The first-order chi connectivity index (χ1) is 16.2. The summed E-state index contributed by atoms with van der Waals surface area (Å²) >= 11 is 0. The van der Waals surface area contributed by atoms with E-state index in [1.807, 2.05) is 12.1 Å². The summed E-state index contributed by atoms with van der Waals surface area (Å²) in [6.07, 6.45) is 0. The summed E-state index contributed by atoms with van der Waals surface area (Å²) in [7, 11) is 0. The van der Waals surface area contributed by atoms with Gasteiger partial charge in [-0.2, -0.15) is 0 Å². The standard InChI is InChI=1S/C28H30O6/c1-17(2)15-33-25-13-24(20-7-11-22(12-8-20)28(31)32)26(34-16-18(3)4)14-23(25)19-5-9-21(10-6-19)27(29)30/h5-14,17-18H,15-16H2,1-4H3,(H,29,30)(H,31,32). The van der Waals surface area contributed by atoms with Crippen LogP contribution in [0, 0.1) is 11.8 Å². The Hall–Kier alpha value is -3.80. The highest BCUT2D eigenvalue weighted by atomic mass is 16.5. The highest BCUT2D eigenvalue weighted by molar-refractivity contribution is 5.90. The van der Waals surface area contributed by atoms with E-state index in [-0.39, 0.29) is 11.1 Å². The molecule has 0 amide bonds. The number of benzene rings is 3. The molecule has 0 atom stereocenters. The monoisotopic (exact) mass is 462 g/mol. The van der Waals surface area contributed by atoms with Crippen LogP contribution in [0.4, 0.5) is 0 Å². The van der Waals surface area contributed by atoms with E-state index in [1.54, 1.807) is 48.5 Å². The summed E-state index contributed by atoms with van der Waals surface area (Å²) in [5, 5.41) is 18.5. The zero-order valence-electron chi connectivity index (χ0n) is 19.9. The fourth-order valence-corrected chi connectivity index (χ4v) is 3.35. The van der Waals surface area contributed by atoms with Crippen LogP contribution in [0.1, 0.15) is 48.4 Å². The largest absolute Gasteiger partial charge is 0.493 e. The molecule has 2 N–H and O–H groups in total. The minimum Gasteiger partial charge on any atom is -0.493 e. The van der Waals surface area contributed by atoms with E-state index in [1.165, 1.54) is 0 Å². The topological polar surface area (TPSA) is 93.1 Å². The molecule has 0 saturated heterocycles. The molecular formula is C28H30O6. The predicted molar refractivity (Wildman–Crippen MR) is 132 cm³/mol. The van der Waals surface area contributed by atoms with Crippen molar-refractivity contribution >= 4 is 11.9 Å². The molecule has 0 radical (unpaired) electrons. The van der Waals surface area contributed by atoms with Crippen molar-refractivity contribution in [2.45, 2.75) is 27.7 Å². The fraction of sp³-hybridized carbons (Fsp3) is 0.286. The molecule has 0 spiro atoms. The Kier molecular flexibility index (Phi) is 7.95. The zero-order valence-corrected chi connectivity index (χ0v) is 19.9. The summed E-state index contributed by atoms with van der Waals surface area (Å²) in [6.45, 7) is 9.26. The molecule has 3 aromatic rings. The van der Waals surface area contributed by atoms with E-state index in [9.17, 15) is 19.8 Å². The SMILES string of the molecule is CC(C)COc1cc(-c2ccc(C(=O)O)cc2)c(OCC(C)C)cc1-c1ccc(C(=O)O)cc1. The van der Waals surface area contributed by atoms with Crippen molar-refractivity contribution in [1.29, 1.82) is 0 Å². The van der Waals surface area contributed by atoms with E-state index in [0.29, 0.717) is 36.5 Å². The maximum Gasteiger partial charge on any atom is 0.335 e. The van der Waals surface area contributed by atoms with E-state index >= 15 is 0 Å². The summed E-state index contributed by atoms with van der Waals surface area (Å²) in [5.74, 6) is -0.0698. The van der Waals surface area contributed by atoms with Crippen molar-refractivity contribution in [2.24, 2.45) is 11.8 Å². The first-order valence-corrected chi connectivity index (χ1v) is 11.3. The molecule has 0 aromatic heterocycles. The third-order valence-electron chi connectivity index (χ3n) is 5.11. The Morgan fingerprint density at radius 3 is 1.24 bits per heavy atom. The minimum atomic E-state index is -0.982. The molecule has 6 heteroatoms.